The standard InChI is InChI=1S/C17H30N4O5S2/c1-3-9(2)13(21-14(22)10-5-4-6-18-10)16(24)19-11(7-27)15(23)20-12(8-28)17(25)26/h9-13,18,27-28H,3-8H2,1-2H3,(H,19,24)(H,20,23)(H,21,22)(H,25,26). The number of carboxylic acid groups (broad SMARTS) is 1. The molecule has 1 heterocycles. The zero-order valence-electron chi connectivity index (χ0n) is 16.1. The molecule has 1 aliphatic heterocycles. The third-order valence-electron chi connectivity index (χ3n) is 4.78. The molecular weight excluding hydrogens is 404 g/mol. The molecule has 9 nitrogen and oxygen atoms in total. The smallest absolute Gasteiger partial charge is 0.327 e. The van der Waals surface area contributed by atoms with Crippen molar-refractivity contribution in [1.29, 1.82) is 0 Å². The predicted molar refractivity (Wildman–Crippen MR) is 112 cm³/mol. The van der Waals surface area contributed by atoms with E-state index in [0.29, 0.717) is 12.8 Å². The van der Waals surface area contributed by atoms with E-state index in [1.807, 2.05) is 13.8 Å². The van der Waals surface area contributed by atoms with Gasteiger partial charge in [0.1, 0.15) is 18.1 Å². The van der Waals surface area contributed by atoms with Crippen molar-refractivity contribution in [3.63, 3.8) is 0 Å². The summed E-state index contributed by atoms with van der Waals surface area (Å²) in [6.07, 6.45) is 2.26. The summed E-state index contributed by atoms with van der Waals surface area (Å²) < 4.78 is 0. The van der Waals surface area contributed by atoms with Crippen LogP contribution >= 0.6 is 25.3 Å². The van der Waals surface area contributed by atoms with Crippen molar-refractivity contribution >= 4 is 48.9 Å². The number of rotatable bonds is 11. The van der Waals surface area contributed by atoms with Gasteiger partial charge < -0.3 is 26.4 Å². The van der Waals surface area contributed by atoms with E-state index >= 15 is 0 Å². The number of carboxylic acids is 1. The summed E-state index contributed by atoms with van der Waals surface area (Å²) in [5, 5.41) is 19.8. The van der Waals surface area contributed by atoms with Crippen LogP contribution in [0, 0.1) is 5.92 Å². The number of hydrogen-bond donors (Lipinski definition) is 7. The molecule has 160 valence electrons. The van der Waals surface area contributed by atoms with Crippen LogP contribution in [0.4, 0.5) is 0 Å². The Morgan fingerprint density at radius 3 is 2.14 bits per heavy atom. The van der Waals surface area contributed by atoms with Crippen molar-refractivity contribution in [3.05, 3.63) is 0 Å². The highest BCUT2D eigenvalue weighted by Gasteiger charge is 2.32. The van der Waals surface area contributed by atoms with E-state index in [4.69, 9.17) is 5.11 Å². The number of thiol groups is 2. The van der Waals surface area contributed by atoms with Gasteiger partial charge in [-0.1, -0.05) is 20.3 Å². The van der Waals surface area contributed by atoms with Crippen LogP contribution in [0.15, 0.2) is 0 Å². The Morgan fingerprint density at radius 2 is 1.68 bits per heavy atom. The van der Waals surface area contributed by atoms with E-state index in [-0.39, 0.29) is 29.4 Å². The molecule has 0 spiro atoms. The van der Waals surface area contributed by atoms with Gasteiger partial charge in [-0.2, -0.15) is 25.3 Å². The molecule has 1 aliphatic rings. The van der Waals surface area contributed by atoms with Gasteiger partial charge in [0.25, 0.3) is 0 Å². The molecule has 5 N–H and O–H groups in total. The molecule has 0 aliphatic carbocycles. The Kier molecular flexibility index (Phi) is 10.7. The lowest BCUT2D eigenvalue weighted by Gasteiger charge is -2.27. The lowest BCUT2D eigenvalue weighted by molar-refractivity contribution is -0.141. The number of carbonyl (C=O) groups excluding carboxylic acids is 3. The van der Waals surface area contributed by atoms with Crippen molar-refractivity contribution in [2.75, 3.05) is 18.1 Å². The summed E-state index contributed by atoms with van der Waals surface area (Å²) in [4.78, 5) is 48.5. The van der Waals surface area contributed by atoms with Gasteiger partial charge in [0.2, 0.25) is 17.7 Å². The molecule has 3 amide bonds. The fourth-order valence-corrected chi connectivity index (χ4v) is 3.28. The number of hydrogen-bond acceptors (Lipinski definition) is 7. The van der Waals surface area contributed by atoms with Gasteiger partial charge in [-0.15, -0.1) is 0 Å². The largest absolute Gasteiger partial charge is 0.480 e. The van der Waals surface area contributed by atoms with Gasteiger partial charge in [-0.25, -0.2) is 4.79 Å². The van der Waals surface area contributed by atoms with Crippen molar-refractivity contribution in [2.24, 2.45) is 5.92 Å². The van der Waals surface area contributed by atoms with Gasteiger partial charge in [0.15, 0.2) is 0 Å². The van der Waals surface area contributed by atoms with Gasteiger partial charge in [0, 0.05) is 11.5 Å². The summed E-state index contributed by atoms with van der Waals surface area (Å²) in [6, 6.07) is -3.34. The maximum absolute atomic E-state index is 12.8. The third-order valence-corrected chi connectivity index (χ3v) is 5.51. The highest BCUT2D eigenvalue weighted by Crippen LogP contribution is 2.11. The lowest BCUT2D eigenvalue weighted by Crippen LogP contribution is -2.59. The zero-order chi connectivity index (χ0) is 21.3. The fourth-order valence-electron chi connectivity index (χ4n) is 2.78. The van der Waals surface area contributed by atoms with Gasteiger partial charge >= 0.3 is 5.97 Å². The van der Waals surface area contributed by atoms with Crippen LogP contribution < -0.4 is 21.3 Å². The molecular formula is C17H30N4O5S2. The summed E-state index contributed by atoms with van der Waals surface area (Å²) in [7, 11) is 0. The predicted octanol–water partition coefficient (Wildman–Crippen LogP) is -0.817. The Morgan fingerprint density at radius 1 is 1.07 bits per heavy atom. The van der Waals surface area contributed by atoms with Crippen molar-refractivity contribution in [3.8, 4) is 0 Å². The minimum Gasteiger partial charge on any atom is -0.480 e. The maximum Gasteiger partial charge on any atom is 0.327 e. The molecule has 0 bridgehead atoms. The Hall–Kier alpha value is -1.46. The molecule has 28 heavy (non-hydrogen) atoms. The van der Waals surface area contributed by atoms with Crippen LogP contribution in [0.5, 0.6) is 0 Å². The first-order chi connectivity index (χ1) is 13.2. The van der Waals surface area contributed by atoms with Gasteiger partial charge in [-0.3, -0.25) is 14.4 Å². The van der Waals surface area contributed by atoms with E-state index in [1.54, 1.807) is 0 Å². The quantitative estimate of drug-likeness (QED) is 0.212. The second-order valence-electron chi connectivity index (χ2n) is 6.85. The number of aliphatic carboxylic acids is 1. The molecule has 1 rings (SSSR count). The van der Waals surface area contributed by atoms with E-state index in [1.165, 1.54) is 0 Å². The number of nitrogens with one attached hydrogen (secondary N) is 4. The van der Waals surface area contributed by atoms with Crippen molar-refractivity contribution in [2.45, 2.75) is 57.3 Å². The fraction of sp³-hybridized carbons (Fsp3) is 0.765. The number of amides is 3. The first-order valence-corrected chi connectivity index (χ1v) is 10.6. The van der Waals surface area contributed by atoms with E-state index in [0.717, 1.165) is 13.0 Å². The minimum atomic E-state index is -1.22. The van der Waals surface area contributed by atoms with Gasteiger partial charge in [-0.05, 0) is 25.3 Å². The number of carbonyl (C=O) groups is 4. The first kappa shape index (κ1) is 24.6. The third kappa shape index (κ3) is 7.17. The van der Waals surface area contributed by atoms with Crippen LogP contribution in [0.3, 0.4) is 0 Å². The molecule has 5 atom stereocenters. The molecule has 0 aromatic rings. The molecule has 0 saturated carbocycles. The molecule has 5 unspecified atom stereocenters. The maximum atomic E-state index is 12.8. The summed E-state index contributed by atoms with van der Waals surface area (Å²) in [5.74, 6) is -2.91. The highest BCUT2D eigenvalue weighted by atomic mass is 32.1. The molecule has 0 aromatic heterocycles. The SMILES string of the molecule is CCC(C)C(NC(=O)C1CCCN1)C(=O)NC(CS)C(=O)NC(CS)C(=O)O. The molecule has 1 fully saturated rings. The highest BCUT2D eigenvalue weighted by molar-refractivity contribution is 7.80. The lowest BCUT2D eigenvalue weighted by atomic mass is 9.97. The van der Waals surface area contributed by atoms with E-state index < -0.39 is 35.9 Å². The van der Waals surface area contributed by atoms with E-state index in [2.05, 4.69) is 46.5 Å². The van der Waals surface area contributed by atoms with Crippen LogP contribution in [-0.4, -0.2) is 71.0 Å². The normalized spacial score (nSPS) is 20.5. The van der Waals surface area contributed by atoms with Crippen LogP contribution in [0.2, 0.25) is 0 Å². The Balaban J connectivity index is 2.78. The monoisotopic (exact) mass is 434 g/mol. The van der Waals surface area contributed by atoms with Crippen LogP contribution in [0.25, 0.3) is 0 Å². The topological polar surface area (TPSA) is 137 Å². The summed E-state index contributed by atoms with van der Waals surface area (Å²) in [5.41, 5.74) is 0. The molecule has 0 radical (unpaired) electrons. The minimum absolute atomic E-state index is 0.0260. The average Bonchev–Trinajstić information content (AvgIpc) is 3.21. The second-order valence-corrected chi connectivity index (χ2v) is 7.58. The second kappa shape index (κ2) is 12.2. The molecule has 0 aromatic carbocycles. The average molecular weight is 435 g/mol. The van der Waals surface area contributed by atoms with Gasteiger partial charge in [0.05, 0.1) is 6.04 Å². The first-order valence-electron chi connectivity index (χ1n) is 9.34. The summed E-state index contributed by atoms with van der Waals surface area (Å²) in [6.45, 7) is 4.50. The molecule has 1 saturated heterocycles. The molecule has 11 heteroatoms. The van der Waals surface area contributed by atoms with Crippen molar-refractivity contribution < 1.29 is 24.3 Å². The zero-order valence-corrected chi connectivity index (χ0v) is 17.9. The summed E-state index contributed by atoms with van der Waals surface area (Å²) >= 11 is 7.97. The van der Waals surface area contributed by atoms with Crippen LogP contribution in [-0.2, 0) is 19.2 Å². The Labute approximate surface area is 176 Å². The Bertz CT molecular complexity index is 572. The van der Waals surface area contributed by atoms with Crippen LogP contribution in [0.1, 0.15) is 33.1 Å². The van der Waals surface area contributed by atoms with E-state index in [9.17, 15) is 19.2 Å². The van der Waals surface area contributed by atoms with Crippen molar-refractivity contribution in [1.82, 2.24) is 21.3 Å².